The Balaban J connectivity index is 1.35. The molecule has 7 rings (SSSR count). The Morgan fingerprint density at radius 3 is 2.60 bits per heavy atom. The van der Waals surface area contributed by atoms with E-state index in [4.69, 9.17) is 14.5 Å². The van der Waals surface area contributed by atoms with E-state index in [0.29, 0.717) is 44.3 Å². The molecule has 3 N–H and O–H groups in total. The first-order valence-corrected chi connectivity index (χ1v) is 20.4. The molecule has 2 amide bonds. The van der Waals surface area contributed by atoms with Crippen LogP contribution in [0.2, 0.25) is 0 Å². The highest BCUT2D eigenvalue weighted by Crippen LogP contribution is 2.42. The van der Waals surface area contributed by atoms with Gasteiger partial charge in [0, 0.05) is 60.6 Å². The Bertz CT molecular complexity index is 2300. The van der Waals surface area contributed by atoms with Gasteiger partial charge in [-0.1, -0.05) is 63.2 Å². The lowest BCUT2D eigenvalue weighted by atomic mass is 9.84. The summed E-state index contributed by atoms with van der Waals surface area (Å²) < 4.78 is 14.2. The zero-order valence-electron chi connectivity index (χ0n) is 34.4. The van der Waals surface area contributed by atoms with Crippen molar-refractivity contribution in [1.82, 2.24) is 25.3 Å². The summed E-state index contributed by atoms with van der Waals surface area (Å²) in [6, 6.07) is 23.8. The number of cyclic esters (lactones) is 1. The number of amides is 2. The van der Waals surface area contributed by atoms with Crippen LogP contribution in [0.15, 0.2) is 85.1 Å². The fourth-order valence-corrected chi connectivity index (χ4v) is 8.44. The summed E-state index contributed by atoms with van der Waals surface area (Å²) in [7, 11) is 1.69. The van der Waals surface area contributed by atoms with Gasteiger partial charge in [-0.05, 0) is 104 Å². The number of nitrogens with zero attached hydrogens (tertiary/aromatic N) is 3. The van der Waals surface area contributed by atoms with Crippen LogP contribution in [0.3, 0.4) is 0 Å². The number of phenols is 1. The van der Waals surface area contributed by atoms with Crippen LogP contribution in [0.25, 0.3) is 33.3 Å². The number of aromatic hydroxyl groups is 1. The first-order chi connectivity index (χ1) is 27.8. The van der Waals surface area contributed by atoms with Gasteiger partial charge in [-0.15, -0.1) is 0 Å². The number of nitrogens with one attached hydrogen (secondary N) is 2. The molecule has 0 aliphatic carbocycles. The molecule has 3 aromatic carbocycles. The van der Waals surface area contributed by atoms with Crippen LogP contribution in [-0.2, 0) is 49.7 Å². The quantitative estimate of drug-likeness (QED) is 0.139. The molecule has 58 heavy (non-hydrogen) atoms. The molecule has 0 spiro atoms. The maximum atomic E-state index is 14.4. The second-order valence-electron chi connectivity index (χ2n) is 16.6. The number of rotatable bonds is 8. The van der Waals surface area contributed by atoms with Crippen molar-refractivity contribution in [3.8, 4) is 28.1 Å². The van der Waals surface area contributed by atoms with Gasteiger partial charge < -0.3 is 24.5 Å². The molecule has 0 saturated carbocycles. The molecule has 11 nitrogen and oxygen atoms in total. The molecule has 1 fully saturated rings. The van der Waals surface area contributed by atoms with Crippen LogP contribution in [0.1, 0.15) is 75.9 Å². The third-order valence-electron chi connectivity index (χ3n) is 11.5. The minimum absolute atomic E-state index is 0.0533. The highest BCUT2D eigenvalue weighted by molar-refractivity contribution is 5.95. The summed E-state index contributed by atoms with van der Waals surface area (Å²) in [5.74, 6) is -1.40. The molecule has 2 aromatic heterocycles. The minimum atomic E-state index is -0.973. The molecular weight excluding hydrogens is 731 g/mol. The van der Waals surface area contributed by atoms with Crippen molar-refractivity contribution in [2.75, 3.05) is 20.3 Å². The number of aromatic nitrogens is 2. The third kappa shape index (κ3) is 8.66. The van der Waals surface area contributed by atoms with Gasteiger partial charge in [0.1, 0.15) is 17.8 Å². The smallest absolute Gasteiger partial charge is 0.324 e. The number of hydrogen-bond acceptors (Lipinski definition) is 8. The van der Waals surface area contributed by atoms with Crippen LogP contribution < -0.4 is 10.7 Å². The van der Waals surface area contributed by atoms with Crippen molar-refractivity contribution in [3.05, 3.63) is 107 Å². The number of hydrogen-bond donors (Lipinski definition) is 3. The lowest BCUT2D eigenvalue weighted by Gasteiger charge is -2.36. The minimum Gasteiger partial charge on any atom is -0.508 e. The molecule has 2 aliphatic rings. The van der Waals surface area contributed by atoms with Gasteiger partial charge in [0.2, 0.25) is 5.91 Å². The number of hydrazine groups is 1. The molecule has 6 bridgehead atoms. The van der Waals surface area contributed by atoms with E-state index < -0.39 is 29.4 Å². The summed E-state index contributed by atoms with van der Waals surface area (Å²) in [6.07, 6.45) is 3.83. The fraction of sp³-hybridized carbons (Fsp3) is 0.404. The molecule has 2 aliphatic heterocycles. The average Bonchev–Trinajstić information content (AvgIpc) is 3.53. The summed E-state index contributed by atoms with van der Waals surface area (Å²) in [4.78, 5) is 46.7. The van der Waals surface area contributed by atoms with Gasteiger partial charge in [0.05, 0.1) is 24.1 Å². The first kappa shape index (κ1) is 40.7. The zero-order chi connectivity index (χ0) is 41.1. The van der Waals surface area contributed by atoms with Crippen LogP contribution in [-0.4, -0.2) is 69.8 Å². The predicted molar refractivity (Wildman–Crippen MR) is 225 cm³/mol. The molecule has 5 aromatic rings. The van der Waals surface area contributed by atoms with E-state index in [9.17, 15) is 19.5 Å². The fourth-order valence-electron chi connectivity index (χ4n) is 8.44. The van der Waals surface area contributed by atoms with E-state index in [1.165, 1.54) is 5.01 Å². The Kier molecular flexibility index (Phi) is 12.0. The van der Waals surface area contributed by atoms with E-state index in [2.05, 4.69) is 60.3 Å². The standard InChI is InChI=1S/C47H55N5O6/c1-7-51-41-18-17-33-26-37(41)38(43(51)36-15-11-19-48-42(36)30(3)57-6)27-47(4,5)28-58-46(56)39-16-12-20-52(50-39)45(55)40(24-32-22-34(33)25-35(53)23-32)49-44(54)29(2)21-31-13-9-8-10-14-31/h8-11,13-15,17-19,22-23,25-26,29-30,39-40,50,53H,7,12,16,20-21,24,27-28H2,1-6H3,(H,49,54)/t29?,30-,39-,40-/m0/s1. The van der Waals surface area contributed by atoms with Gasteiger partial charge in [0.15, 0.2) is 0 Å². The van der Waals surface area contributed by atoms with Gasteiger partial charge in [-0.25, -0.2) is 5.43 Å². The lowest BCUT2D eigenvalue weighted by Crippen LogP contribution is -2.60. The highest BCUT2D eigenvalue weighted by Gasteiger charge is 2.36. The molecule has 1 saturated heterocycles. The van der Waals surface area contributed by atoms with Gasteiger partial charge >= 0.3 is 5.97 Å². The number of fused-ring (bicyclic) bond motifs is 6. The molecule has 0 radical (unpaired) electrons. The number of carbonyl (C=O) groups excluding carboxylic acids is 3. The summed E-state index contributed by atoms with van der Waals surface area (Å²) in [5.41, 5.74) is 11.0. The summed E-state index contributed by atoms with van der Waals surface area (Å²) in [6.45, 7) is 11.4. The number of methoxy groups -OCH3 is 1. The number of benzene rings is 3. The van der Waals surface area contributed by atoms with Crippen molar-refractivity contribution in [3.63, 3.8) is 0 Å². The van der Waals surface area contributed by atoms with E-state index in [0.717, 1.165) is 50.1 Å². The molecule has 4 heterocycles. The number of pyridine rings is 1. The summed E-state index contributed by atoms with van der Waals surface area (Å²) >= 11 is 0. The zero-order valence-corrected chi connectivity index (χ0v) is 34.4. The van der Waals surface area contributed by atoms with Crippen molar-refractivity contribution in [1.29, 1.82) is 0 Å². The Labute approximate surface area is 340 Å². The van der Waals surface area contributed by atoms with Crippen molar-refractivity contribution >= 4 is 28.7 Å². The summed E-state index contributed by atoms with van der Waals surface area (Å²) in [5, 5.41) is 16.7. The van der Waals surface area contributed by atoms with E-state index in [-0.39, 0.29) is 36.7 Å². The molecular formula is C47H55N5O6. The maximum absolute atomic E-state index is 14.4. The van der Waals surface area contributed by atoms with E-state index in [1.807, 2.05) is 56.3 Å². The van der Waals surface area contributed by atoms with Crippen molar-refractivity contribution < 1.29 is 29.0 Å². The largest absolute Gasteiger partial charge is 0.508 e. The van der Waals surface area contributed by atoms with Crippen molar-refractivity contribution in [2.24, 2.45) is 11.3 Å². The number of phenolic OH excluding ortho intramolecular Hbond substituents is 1. The topological polar surface area (TPSA) is 135 Å². The maximum Gasteiger partial charge on any atom is 0.324 e. The second-order valence-corrected chi connectivity index (χ2v) is 16.6. The lowest BCUT2D eigenvalue weighted by molar-refractivity contribution is -0.155. The van der Waals surface area contributed by atoms with E-state index in [1.54, 1.807) is 25.4 Å². The number of esters is 1. The van der Waals surface area contributed by atoms with Crippen molar-refractivity contribution in [2.45, 2.75) is 91.5 Å². The van der Waals surface area contributed by atoms with Crippen LogP contribution >= 0.6 is 0 Å². The normalized spacial score (nSPS) is 19.6. The van der Waals surface area contributed by atoms with Crippen LogP contribution in [0, 0.1) is 11.3 Å². The SMILES string of the molecule is CCn1c(-c2cccnc2[C@H](C)OC)c2c3cc(ccc31)-c1cc(O)cc(c1)C[C@H](NC(=O)C(C)Cc1ccccc1)C(=O)N1CCC[C@H](N1)C(=O)OCC(C)(C)C2. The molecule has 304 valence electrons. The molecule has 4 atom stereocenters. The number of carbonyl (C=O) groups is 3. The van der Waals surface area contributed by atoms with Crippen LogP contribution in [0.5, 0.6) is 5.75 Å². The van der Waals surface area contributed by atoms with Gasteiger partial charge in [0.25, 0.3) is 5.91 Å². The Morgan fingerprint density at radius 1 is 1.05 bits per heavy atom. The third-order valence-corrected chi connectivity index (χ3v) is 11.5. The first-order valence-electron chi connectivity index (χ1n) is 20.4. The van der Waals surface area contributed by atoms with E-state index >= 15 is 0 Å². The Morgan fingerprint density at radius 2 is 1.84 bits per heavy atom. The number of aryl methyl sites for hydroxylation is 1. The monoisotopic (exact) mass is 785 g/mol. The molecule has 1 unspecified atom stereocenters. The number of ether oxygens (including phenoxy) is 2. The highest BCUT2D eigenvalue weighted by atomic mass is 16.5. The predicted octanol–water partition coefficient (Wildman–Crippen LogP) is 7.33. The second kappa shape index (κ2) is 17.1. The average molecular weight is 786 g/mol. The Hall–Kier alpha value is -5.52. The molecule has 11 heteroatoms. The van der Waals surface area contributed by atoms with Crippen LogP contribution in [0.4, 0.5) is 0 Å². The van der Waals surface area contributed by atoms with Gasteiger partial charge in [-0.2, -0.15) is 0 Å². The van der Waals surface area contributed by atoms with Gasteiger partial charge in [-0.3, -0.25) is 24.4 Å².